The molecule has 0 unspecified atom stereocenters. The number of hydrogen-bond acceptors (Lipinski definition) is 3. The number of nitrogens with zero attached hydrogens (tertiary/aromatic N) is 2. The van der Waals surface area contributed by atoms with Gasteiger partial charge in [0.05, 0.1) is 12.8 Å². The molecule has 0 bridgehead atoms. The highest BCUT2D eigenvalue weighted by molar-refractivity contribution is 9.09. The Bertz CT molecular complexity index is 490. The van der Waals surface area contributed by atoms with E-state index in [9.17, 15) is 4.79 Å². The van der Waals surface area contributed by atoms with Crippen molar-refractivity contribution in [3.05, 3.63) is 40.9 Å². The zero-order chi connectivity index (χ0) is 10.7. The fourth-order valence-electron chi connectivity index (χ4n) is 1.24. The molecule has 78 valence electrons. The first-order chi connectivity index (χ1) is 7.31. The molecule has 5 heteroatoms. The van der Waals surface area contributed by atoms with E-state index in [1.165, 1.54) is 10.7 Å². The molecule has 2 aromatic rings. The second-order valence-electron chi connectivity index (χ2n) is 2.95. The molecule has 0 aromatic carbocycles. The van der Waals surface area contributed by atoms with Gasteiger partial charge in [-0.25, -0.2) is 4.68 Å². The van der Waals surface area contributed by atoms with Crippen LogP contribution in [-0.4, -0.2) is 15.1 Å². The van der Waals surface area contributed by atoms with Crippen molar-refractivity contribution in [3.8, 4) is 11.5 Å². The summed E-state index contributed by atoms with van der Waals surface area (Å²) in [6.07, 6.45) is 1.58. The minimum Gasteiger partial charge on any atom is -0.463 e. The van der Waals surface area contributed by atoms with Crippen LogP contribution in [0.15, 0.2) is 39.7 Å². The molecule has 0 spiro atoms. The van der Waals surface area contributed by atoms with Gasteiger partial charge in [0.25, 0.3) is 5.56 Å². The van der Waals surface area contributed by atoms with Crippen LogP contribution in [0, 0.1) is 0 Å². The Morgan fingerprint density at radius 1 is 1.40 bits per heavy atom. The summed E-state index contributed by atoms with van der Waals surface area (Å²) in [5, 5.41) is 4.88. The molecule has 4 nitrogen and oxygen atoms in total. The van der Waals surface area contributed by atoms with Gasteiger partial charge in [-0.15, -0.1) is 0 Å². The number of hydrogen-bond donors (Lipinski definition) is 0. The topological polar surface area (TPSA) is 48.0 Å². The van der Waals surface area contributed by atoms with Gasteiger partial charge in [0.15, 0.2) is 5.76 Å². The van der Waals surface area contributed by atoms with Gasteiger partial charge in [-0.05, 0) is 18.2 Å². The van der Waals surface area contributed by atoms with E-state index in [0.29, 0.717) is 23.3 Å². The van der Waals surface area contributed by atoms with Crippen LogP contribution >= 0.6 is 15.9 Å². The minimum absolute atomic E-state index is 0.107. The fourth-order valence-corrected chi connectivity index (χ4v) is 1.58. The van der Waals surface area contributed by atoms with Crippen LogP contribution in [0.4, 0.5) is 0 Å². The number of furan rings is 1. The summed E-state index contributed by atoms with van der Waals surface area (Å²) in [5.74, 6) is 0.665. The summed E-state index contributed by atoms with van der Waals surface area (Å²) in [6.45, 7) is 0.549. The van der Waals surface area contributed by atoms with E-state index in [1.807, 2.05) is 6.07 Å². The van der Waals surface area contributed by atoms with Gasteiger partial charge in [0.1, 0.15) is 5.69 Å². The Balaban J connectivity index is 2.43. The van der Waals surface area contributed by atoms with Crippen LogP contribution in [0.5, 0.6) is 0 Å². The largest absolute Gasteiger partial charge is 0.463 e. The highest BCUT2D eigenvalue weighted by Gasteiger charge is 2.04. The quantitative estimate of drug-likeness (QED) is 0.799. The predicted octanol–water partition coefficient (Wildman–Crippen LogP) is 1.90. The fraction of sp³-hybridized carbons (Fsp3) is 0.200. The lowest BCUT2D eigenvalue weighted by molar-refractivity contribution is 0.567. The van der Waals surface area contributed by atoms with E-state index in [2.05, 4.69) is 21.0 Å². The molecule has 0 aliphatic heterocycles. The molecular weight excluding hydrogens is 260 g/mol. The zero-order valence-electron chi connectivity index (χ0n) is 7.89. The van der Waals surface area contributed by atoms with Crippen LogP contribution in [0.2, 0.25) is 0 Å². The highest BCUT2D eigenvalue weighted by Crippen LogP contribution is 2.14. The Morgan fingerprint density at radius 3 is 2.93 bits per heavy atom. The van der Waals surface area contributed by atoms with Crippen LogP contribution in [-0.2, 0) is 6.54 Å². The van der Waals surface area contributed by atoms with Crippen LogP contribution in [0.3, 0.4) is 0 Å². The third-order valence-electron chi connectivity index (χ3n) is 1.94. The second-order valence-corrected chi connectivity index (χ2v) is 3.74. The summed E-state index contributed by atoms with van der Waals surface area (Å²) in [5.41, 5.74) is 0.560. The van der Waals surface area contributed by atoms with Gasteiger partial charge in [0, 0.05) is 11.4 Å². The molecule has 0 fully saturated rings. The molecule has 0 atom stereocenters. The van der Waals surface area contributed by atoms with Gasteiger partial charge < -0.3 is 4.42 Å². The van der Waals surface area contributed by atoms with E-state index >= 15 is 0 Å². The van der Waals surface area contributed by atoms with Gasteiger partial charge in [-0.1, -0.05) is 15.9 Å². The van der Waals surface area contributed by atoms with E-state index in [-0.39, 0.29) is 5.56 Å². The number of alkyl halides is 1. The van der Waals surface area contributed by atoms with Crippen molar-refractivity contribution >= 4 is 15.9 Å². The lowest BCUT2D eigenvalue weighted by Crippen LogP contribution is -2.22. The summed E-state index contributed by atoms with van der Waals surface area (Å²) in [4.78, 5) is 11.4. The zero-order valence-corrected chi connectivity index (χ0v) is 9.48. The van der Waals surface area contributed by atoms with Crippen molar-refractivity contribution in [1.82, 2.24) is 9.78 Å². The molecule has 0 saturated carbocycles. The maximum Gasteiger partial charge on any atom is 0.266 e. The lowest BCUT2D eigenvalue weighted by Gasteiger charge is -2.02. The average molecular weight is 269 g/mol. The highest BCUT2D eigenvalue weighted by atomic mass is 79.9. The summed E-state index contributed by atoms with van der Waals surface area (Å²) in [6, 6.07) is 6.75. The summed E-state index contributed by atoms with van der Waals surface area (Å²) in [7, 11) is 0. The summed E-state index contributed by atoms with van der Waals surface area (Å²) < 4.78 is 6.61. The maximum atomic E-state index is 11.4. The SMILES string of the molecule is O=c1ccc(-c2ccco2)nn1CCBr. The first-order valence-electron chi connectivity index (χ1n) is 4.49. The van der Waals surface area contributed by atoms with Gasteiger partial charge in [-0.3, -0.25) is 4.79 Å². The molecule has 2 aromatic heterocycles. The minimum atomic E-state index is -0.107. The number of aryl methyl sites for hydroxylation is 1. The molecule has 0 aliphatic carbocycles. The Morgan fingerprint density at radius 2 is 2.27 bits per heavy atom. The average Bonchev–Trinajstić information content (AvgIpc) is 2.75. The van der Waals surface area contributed by atoms with Crippen molar-refractivity contribution in [2.45, 2.75) is 6.54 Å². The normalized spacial score (nSPS) is 10.5. The molecule has 2 heterocycles. The molecule has 15 heavy (non-hydrogen) atoms. The van der Waals surface area contributed by atoms with Crippen LogP contribution in [0.25, 0.3) is 11.5 Å². The maximum absolute atomic E-state index is 11.4. The third kappa shape index (κ3) is 2.18. The molecule has 0 radical (unpaired) electrons. The Kier molecular flexibility index (Phi) is 3.01. The number of rotatable bonds is 3. The lowest BCUT2D eigenvalue weighted by atomic mass is 10.3. The Hall–Kier alpha value is -1.36. The van der Waals surface area contributed by atoms with Crippen molar-refractivity contribution in [2.24, 2.45) is 0 Å². The van der Waals surface area contributed by atoms with E-state index < -0.39 is 0 Å². The summed E-state index contributed by atoms with van der Waals surface area (Å²) >= 11 is 3.27. The van der Waals surface area contributed by atoms with Crippen molar-refractivity contribution in [2.75, 3.05) is 5.33 Å². The van der Waals surface area contributed by atoms with Gasteiger partial charge in [0.2, 0.25) is 0 Å². The Labute approximate surface area is 94.7 Å². The first kappa shape index (κ1) is 10.2. The van der Waals surface area contributed by atoms with Crippen LogP contribution < -0.4 is 5.56 Å². The van der Waals surface area contributed by atoms with E-state index in [0.717, 1.165) is 0 Å². The number of aromatic nitrogens is 2. The van der Waals surface area contributed by atoms with Gasteiger partial charge in [-0.2, -0.15) is 5.10 Å². The number of halogens is 1. The molecule has 0 amide bonds. The van der Waals surface area contributed by atoms with Crippen molar-refractivity contribution < 1.29 is 4.42 Å². The van der Waals surface area contributed by atoms with Crippen molar-refractivity contribution in [1.29, 1.82) is 0 Å². The standard InChI is InChI=1S/C10H9BrN2O2/c11-5-6-13-10(14)4-3-8(12-13)9-2-1-7-15-9/h1-4,7H,5-6H2. The smallest absolute Gasteiger partial charge is 0.266 e. The van der Waals surface area contributed by atoms with E-state index in [4.69, 9.17) is 4.42 Å². The van der Waals surface area contributed by atoms with Crippen LogP contribution in [0.1, 0.15) is 0 Å². The predicted molar refractivity (Wildman–Crippen MR) is 60.0 cm³/mol. The second kappa shape index (κ2) is 4.44. The monoisotopic (exact) mass is 268 g/mol. The molecule has 0 N–H and O–H groups in total. The van der Waals surface area contributed by atoms with Gasteiger partial charge >= 0.3 is 0 Å². The molecular formula is C10H9BrN2O2. The van der Waals surface area contributed by atoms with E-state index in [1.54, 1.807) is 18.4 Å². The third-order valence-corrected chi connectivity index (χ3v) is 2.29. The van der Waals surface area contributed by atoms with Crippen molar-refractivity contribution in [3.63, 3.8) is 0 Å². The molecule has 0 aliphatic rings. The first-order valence-corrected chi connectivity index (χ1v) is 5.61. The molecule has 2 rings (SSSR count). The molecule has 0 saturated heterocycles.